The van der Waals surface area contributed by atoms with Crippen LogP contribution in [-0.4, -0.2) is 282 Å². The Morgan fingerprint density at radius 1 is 0.352 bits per heavy atom. The maximum absolute atomic E-state index is 13.0. The van der Waals surface area contributed by atoms with Crippen LogP contribution in [0.15, 0.2) is 0 Å². The van der Waals surface area contributed by atoms with Crippen molar-refractivity contribution in [1.82, 2.24) is 21.3 Å². The summed E-state index contributed by atoms with van der Waals surface area (Å²) in [6.45, 7) is 5.11. The van der Waals surface area contributed by atoms with Gasteiger partial charge in [0.05, 0.1) is 25.7 Å². The summed E-state index contributed by atoms with van der Waals surface area (Å²) < 4.78 is 198. The summed E-state index contributed by atoms with van der Waals surface area (Å²) in [5.41, 5.74) is -12.4. The molecule has 0 bridgehead atoms. The van der Waals surface area contributed by atoms with Crippen LogP contribution in [0.5, 0.6) is 0 Å². The number of nitrogens with zero attached hydrogens (tertiary/aromatic N) is 2. The van der Waals surface area contributed by atoms with Gasteiger partial charge in [-0.1, -0.05) is 0 Å². The van der Waals surface area contributed by atoms with Gasteiger partial charge in [-0.2, -0.15) is 26.3 Å². The molecule has 0 fully saturated rings. The van der Waals surface area contributed by atoms with Gasteiger partial charge in [0.2, 0.25) is 0 Å². The van der Waals surface area contributed by atoms with Crippen molar-refractivity contribution in [2.45, 2.75) is 86.6 Å². The third-order valence-corrected chi connectivity index (χ3v) is 27.3. The minimum Gasteiger partial charge on any atom is -0.460 e. The molecule has 0 aromatic rings. The molecule has 0 aromatic heterocycles. The standard InChI is InChI=1S/C44H96N5O20Si4.C2F6NO4S2/c1-54-70(55-2,56-3)37-13-21-45-25-17-41(50)66-33-29-49(30-34-67-42(51)18-26-46-22-14-38-71(57-4,58-5)59-6,31-35-68-43(52)19-27-47-23-15-39-72(60-7,61-8)62-9)32-36-69-44(53)20-28-48-24-16-40-73(63-10,64-11)65-12;3-1(4,5)14(10,11)9-15(12,13)2(6,7)8/h45-48H,13-40H2,1-12H3;/q+1;-1. The number of alkyl halides is 6. The number of hydrogen-bond donors (Lipinski definition) is 4. The van der Waals surface area contributed by atoms with Gasteiger partial charge in [0.15, 0.2) is 20.0 Å². The molecule has 0 aliphatic heterocycles. The number of carbonyl (C=O) groups excluding carboxylic acids is 4. The van der Waals surface area contributed by atoms with E-state index in [-0.39, 0.29) is 82.8 Å². The van der Waals surface area contributed by atoms with Crippen molar-refractivity contribution >= 4 is 79.1 Å². The van der Waals surface area contributed by atoms with Gasteiger partial charge in [-0.15, -0.1) is 0 Å². The quantitative estimate of drug-likeness (QED) is 0.0169. The zero-order valence-corrected chi connectivity index (χ0v) is 58.2. The molecular formula is C46H96F6N6O24S2Si4. The van der Waals surface area contributed by atoms with E-state index in [4.69, 9.17) is 72.1 Å². The lowest BCUT2D eigenvalue weighted by molar-refractivity contribution is -0.928. The van der Waals surface area contributed by atoms with E-state index in [1.54, 1.807) is 85.3 Å². The predicted molar refractivity (Wildman–Crippen MR) is 312 cm³/mol. The Kier molecular flexibility index (Phi) is 46.3. The van der Waals surface area contributed by atoms with Crippen LogP contribution < -0.4 is 21.3 Å². The van der Waals surface area contributed by atoms with Crippen LogP contribution in [-0.2, 0) is 111 Å². The van der Waals surface area contributed by atoms with Gasteiger partial charge in [-0.05, 0) is 51.9 Å². The van der Waals surface area contributed by atoms with Gasteiger partial charge in [0.1, 0.15) is 52.6 Å². The fraction of sp³-hybridized carbons (Fsp3) is 0.913. The molecule has 0 unspecified atom stereocenters. The largest absolute Gasteiger partial charge is 0.500 e. The Balaban J connectivity index is 0. The first-order valence-corrected chi connectivity index (χ1v) is 38.2. The number of rotatable bonds is 54. The first-order chi connectivity index (χ1) is 41.3. The van der Waals surface area contributed by atoms with Gasteiger partial charge >= 0.3 is 70.1 Å². The molecule has 0 saturated carbocycles. The molecule has 88 heavy (non-hydrogen) atoms. The average Bonchev–Trinajstić information content (AvgIpc) is 3.32. The molecule has 0 aromatic carbocycles. The highest BCUT2D eigenvalue weighted by atomic mass is 32.3. The van der Waals surface area contributed by atoms with Crippen LogP contribution in [0.2, 0.25) is 24.2 Å². The summed E-state index contributed by atoms with van der Waals surface area (Å²) in [6, 6.07) is 2.46. The maximum Gasteiger partial charge on any atom is 0.500 e. The Hall–Kier alpha value is -2.49. The number of halogens is 6. The van der Waals surface area contributed by atoms with Crippen molar-refractivity contribution in [1.29, 1.82) is 0 Å². The number of nitrogens with one attached hydrogen (secondary N) is 4. The van der Waals surface area contributed by atoms with Crippen LogP contribution in [0.1, 0.15) is 51.4 Å². The van der Waals surface area contributed by atoms with Crippen molar-refractivity contribution in [3.63, 3.8) is 0 Å². The Labute approximate surface area is 518 Å². The molecular weight excluding hydrogens is 1310 g/mol. The molecule has 0 saturated heterocycles. The zero-order valence-electron chi connectivity index (χ0n) is 52.6. The fourth-order valence-electron chi connectivity index (χ4n) is 7.79. The van der Waals surface area contributed by atoms with Crippen LogP contribution in [0, 0.1) is 0 Å². The van der Waals surface area contributed by atoms with E-state index in [9.17, 15) is 62.4 Å². The van der Waals surface area contributed by atoms with Crippen molar-refractivity contribution in [3.8, 4) is 0 Å². The van der Waals surface area contributed by atoms with E-state index >= 15 is 0 Å². The summed E-state index contributed by atoms with van der Waals surface area (Å²) in [5, 5.41) is 13.0. The number of ether oxygens (including phenoxy) is 4. The first-order valence-electron chi connectivity index (χ1n) is 27.6. The Morgan fingerprint density at radius 3 is 0.693 bits per heavy atom. The molecule has 30 nitrogen and oxygen atoms in total. The molecule has 0 aliphatic rings. The highest BCUT2D eigenvalue weighted by molar-refractivity contribution is 8.13. The normalized spacial score (nSPS) is 13.0. The average molecular weight is 1410 g/mol. The monoisotopic (exact) mass is 1410 g/mol. The maximum atomic E-state index is 13.0. The van der Waals surface area contributed by atoms with Gasteiger partial charge in [-0.25, -0.2) is 16.8 Å². The van der Waals surface area contributed by atoms with Crippen molar-refractivity contribution < 1.29 is 139 Å². The summed E-state index contributed by atoms with van der Waals surface area (Å²) in [5.74, 6) is -1.63. The highest BCUT2D eigenvalue weighted by Gasteiger charge is 2.47. The Morgan fingerprint density at radius 2 is 0.534 bits per heavy atom. The Bertz CT molecular complexity index is 1850. The van der Waals surface area contributed by atoms with Gasteiger partial charge in [0.25, 0.3) is 0 Å². The summed E-state index contributed by atoms with van der Waals surface area (Å²) in [4.78, 5) is 51.8. The molecule has 4 N–H and O–H groups in total. The molecule has 0 rings (SSSR count). The van der Waals surface area contributed by atoms with E-state index in [1.165, 1.54) is 0 Å². The van der Waals surface area contributed by atoms with E-state index in [0.717, 1.165) is 29.8 Å². The first kappa shape index (κ1) is 87.6. The third-order valence-electron chi connectivity index (χ3n) is 13.2. The number of quaternary nitrogens is 1. The number of esters is 4. The molecule has 42 heteroatoms. The second-order valence-corrected chi connectivity index (χ2v) is 34.4. The second-order valence-electron chi connectivity index (χ2n) is 18.6. The van der Waals surface area contributed by atoms with E-state index in [1.807, 2.05) is 0 Å². The van der Waals surface area contributed by atoms with Gasteiger partial charge in [-0.3, -0.25) is 19.2 Å². The molecule has 0 heterocycles. The number of carbonyl (C=O) groups is 4. The highest BCUT2D eigenvalue weighted by Crippen LogP contribution is 2.36. The fourth-order valence-corrected chi connectivity index (χ4v) is 16.4. The van der Waals surface area contributed by atoms with E-state index < -0.39 is 90.2 Å². The third kappa shape index (κ3) is 36.1. The molecule has 0 radical (unpaired) electrons. The van der Waals surface area contributed by atoms with E-state index in [0.29, 0.717) is 76.5 Å². The zero-order chi connectivity index (χ0) is 67.5. The molecule has 0 spiro atoms. The SMILES string of the molecule is CO[Si](CCCNCCC(=O)OCC[N+](CCOC(=O)CCNCCC[Si](OC)(OC)OC)(CCOC(=O)CCNCCC[Si](OC)(OC)OC)CCOC(=O)CCNCCC[Si](OC)(OC)OC)(OC)OC.O=S(=O)([N-]S(=O)(=O)C(F)(F)F)C(F)(F)F. The van der Waals surface area contributed by atoms with Crippen molar-refractivity contribution in [2.75, 3.05) is 190 Å². The number of hydrogen-bond acceptors (Lipinski definition) is 28. The second kappa shape index (κ2) is 46.6. The molecule has 0 aliphatic carbocycles. The minimum atomic E-state index is -6.72. The summed E-state index contributed by atoms with van der Waals surface area (Å²) in [6.07, 6.45) is 3.40. The van der Waals surface area contributed by atoms with Crippen LogP contribution in [0.4, 0.5) is 26.3 Å². The lowest BCUT2D eigenvalue weighted by atomic mass is 10.3. The topological polar surface area (TPSA) is 346 Å². The predicted octanol–water partition coefficient (Wildman–Crippen LogP) is 2.03. The van der Waals surface area contributed by atoms with Crippen LogP contribution >= 0.6 is 0 Å². The minimum absolute atomic E-state index is 0.00807. The summed E-state index contributed by atoms with van der Waals surface area (Å²) in [7, 11) is -5.41. The molecule has 524 valence electrons. The molecule has 0 atom stereocenters. The van der Waals surface area contributed by atoms with Crippen molar-refractivity contribution in [3.05, 3.63) is 4.13 Å². The van der Waals surface area contributed by atoms with Crippen LogP contribution in [0.25, 0.3) is 4.13 Å². The van der Waals surface area contributed by atoms with Crippen LogP contribution in [0.3, 0.4) is 0 Å². The smallest absolute Gasteiger partial charge is 0.460 e. The van der Waals surface area contributed by atoms with Crippen molar-refractivity contribution in [2.24, 2.45) is 0 Å². The number of sulfonamides is 2. The van der Waals surface area contributed by atoms with E-state index in [2.05, 4.69) is 21.3 Å². The lowest BCUT2D eigenvalue weighted by Crippen LogP contribution is -2.56. The van der Waals surface area contributed by atoms with Gasteiger partial charge < -0.3 is 102 Å². The summed E-state index contributed by atoms with van der Waals surface area (Å²) >= 11 is 0. The molecule has 0 amide bonds. The lowest BCUT2D eigenvalue weighted by Gasteiger charge is -2.38. The van der Waals surface area contributed by atoms with Gasteiger partial charge in [0, 0.05) is 136 Å².